The van der Waals surface area contributed by atoms with Gasteiger partial charge in [0.2, 0.25) is 5.91 Å². The molecule has 1 aromatic carbocycles. The molecule has 1 aromatic heterocycles. The van der Waals surface area contributed by atoms with Gasteiger partial charge in [-0.3, -0.25) is 9.48 Å². The van der Waals surface area contributed by atoms with E-state index < -0.39 is 0 Å². The molecule has 0 bridgehead atoms. The van der Waals surface area contributed by atoms with E-state index in [2.05, 4.69) is 46.9 Å². The highest BCUT2D eigenvalue weighted by Gasteiger charge is 2.15. The van der Waals surface area contributed by atoms with Crippen LogP contribution in [0.1, 0.15) is 50.2 Å². The first kappa shape index (κ1) is 21.9. The minimum Gasteiger partial charge on any atom is -0.357 e. The van der Waals surface area contributed by atoms with Crippen molar-refractivity contribution in [3.63, 3.8) is 0 Å². The van der Waals surface area contributed by atoms with Crippen molar-refractivity contribution in [3.8, 4) is 0 Å². The summed E-state index contributed by atoms with van der Waals surface area (Å²) in [4.78, 5) is 18.9. The van der Waals surface area contributed by atoms with Gasteiger partial charge in [-0.2, -0.15) is 5.10 Å². The Hall–Kier alpha value is -2.83. The fraction of sp³-hybridized carbons (Fsp3) is 0.522. The normalized spacial score (nSPS) is 15.2. The zero-order valence-electron chi connectivity index (χ0n) is 18.0. The summed E-state index contributed by atoms with van der Waals surface area (Å²) in [5.74, 6) is 1.12. The molecule has 1 amide bonds. The Morgan fingerprint density at radius 2 is 2.00 bits per heavy atom. The number of aliphatic imine (C=N–C) groups is 1. The van der Waals surface area contributed by atoms with Crippen LogP contribution >= 0.6 is 0 Å². The maximum Gasteiger partial charge on any atom is 0.222 e. The van der Waals surface area contributed by atoms with Crippen LogP contribution < -0.4 is 10.6 Å². The van der Waals surface area contributed by atoms with Crippen LogP contribution in [0.25, 0.3) is 0 Å². The molecule has 1 saturated heterocycles. The standard InChI is InChI=1S/C23H34N6O/c1-2-24-23(25-13-8-16-28-15-7-3-4-12-22(28)30)26-18-20-10-5-6-11-21(20)19-29-17-9-14-27-29/h5-6,9-11,14,17H,2-4,7-8,12-13,15-16,18-19H2,1H3,(H2,24,25,26). The third-order valence-corrected chi connectivity index (χ3v) is 5.33. The molecule has 0 aliphatic carbocycles. The summed E-state index contributed by atoms with van der Waals surface area (Å²) in [6.07, 6.45) is 8.73. The molecular weight excluding hydrogens is 376 g/mol. The average Bonchev–Trinajstić information content (AvgIpc) is 3.18. The second-order valence-electron chi connectivity index (χ2n) is 7.64. The van der Waals surface area contributed by atoms with Crippen LogP contribution in [0.4, 0.5) is 0 Å². The van der Waals surface area contributed by atoms with Crippen LogP contribution in [0.2, 0.25) is 0 Å². The Morgan fingerprint density at radius 3 is 2.80 bits per heavy atom. The van der Waals surface area contributed by atoms with Crippen molar-refractivity contribution in [2.24, 2.45) is 4.99 Å². The number of aromatic nitrogens is 2. The highest BCUT2D eigenvalue weighted by Crippen LogP contribution is 2.12. The van der Waals surface area contributed by atoms with Gasteiger partial charge in [-0.25, -0.2) is 4.99 Å². The highest BCUT2D eigenvalue weighted by molar-refractivity contribution is 5.79. The minimum absolute atomic E-state index is 0.307. The van der Waals surface area contributed by atoms with Crippen molar-refractivity contribution in [2.45, 2.75) is 52.1 Å². The summed E-state index contributed by atoms with van der Waals surface area (Å²) in [5.41, 5.74) is 2.42. The van der Waals surface area contributed by atoms with Crippen LogP contribution in [0.3, 0.4) is 0 Å². The summed E-state index contributed by atoms with van der Waals surface area (Å²) >= 11 is 0. The summed E-state index contributed by atoms with van der Waals surface area (Å²) in [6.45, 7) is 6.75. The number of hydrogen-bond acceptors (Lipinski definition) is 3. The molecular formula is C23H34N6O. The second-order valence-corrected chi connectivity index (χ2v) is 7.64. The zero-order chi connectivity index (χ0) is 21.0. The van der Waals surface area contributed by atoms with E-state index in [1.165, 1.54) is 17.5 Å². The number of likely N-dealkylation sites (tertiary alicyclic amines) is 1. The van der Waals surface area contributed by atoms with E-state index in [0.717, 1.165) is 57.9 Å². The van der Waals surface area contributed by atoms with Crippen LogP contribution in [0.5, 0.6) is 0 Å². The van der Waals surface area contributed by atoms with Gasteiger partial charge in [0.15, 0.2) is 5.96 Å². The van der Waals surface area contributed by atoms with Crippen molar-refractivity contribution >= 4 is 11.9 Å². The molecule has 7 nitrogen and oxygen atoms in total. The quantitative estimate of drug-likeness (QED) is 0.379. The van der Waals surface area contributed by atoms with Crippen LogP contribution in [-0.4, -0.2) is 52.7 Å². The molecule has 0 spiro atoms. The Kier molecular flexibility index (Phi) is 8.75. The van der Waals surface area contributed by atoms with Gasteiger partial charge in [0.25, 0.3) is 0 Å². The van der Waals surface area contributed by atoms with E-state index in [4.69, 9.17) is 4.99 Å². The molecule has 1 aliphatic heterocycles. The number of nitrogens with zero attached hydrogens (tertiary/aromatic N) is 4. The van der Waals surface area contributed by atoms with Gasteiger partial charge < -0.3 is 15.5 Å². The fourth-order valence-corrected chi connectivity index (χ4v) is 3.69. The van der Waals surface area contributed by atoms with Gasteiger partial charge in [0.05, 0.1) is 13.1 Å². The zero-order valence-corrected chi connectivity index (χ0v) is 18.0. The number of hydrogen-bond donors (Lipinski definition) is 2. The van der Waals surface area contributed by atoms with Crippen molar-refractivity contribution < 1.29 is 4.79 Å². The van der Waals surface area contributed by atoms with E-state index in [1.807, 2.05) is 21.8 Å². The van der Waals surface area contributed by atoms with Crippen LogP contribution in [0, 0.1) is 0 Å². The molecule has 30 heavy (non-hydrogen) atoms. The number of carbonyl (C=O) groups excluding carboxylic acids is 1. The van der Waals surface area contributed by atoms with Crippen molar-refractivity contribution in [1.29, 1.82) is 0 Å². The summed E-state index contributed by atoms with van der Waals surface area (Å²) in [6, 6.07) is 10.3. The van der Waals surface area contributed by atoms with E-state index in [0.29, 0.717) is 18.9 Å². The van der Waals surface area contributed by atoms with Gasteiger partial charge in [-0.05, 0) is 43.4 Å². The van der Waals surface area contributed by atoms with Gasteiger partial charge in [-0.1, -0.05) is 30.7 Å². The number of guanidine groups is 1. The van der Waals surface area contributed by atoms with Crippen molar-refractivity contribution in [1.82, 2.24) is 25.3 Å². The molecule has 1 fully saturated rings. The third kappa shape index (κ3) is 6.90. The molecule has 162 valence electrons. The smallest absolute Gasteiger partial charge is 0.222 e. The lowest BCUT2D eigenvalue weighted by atomic mass is 10.1. The SMILES string of the molecule is CCNC(=NCc1ccccc1Cn1cccn1)NCCCN1CCCCCC1=O. The summed E-state index contributed by atoms with van der Waals surface area (Å²) in [7, 11) is 0. The average molecular weight is 411 g/mol. The van der Waals surface area contributed by atoms with Crippen molar-refractivity contribution in [3.05, 3.63) is 53.9 Å². The maximum atomic E-state index is 12.1. The van der Waals surface area contributed by atoms with Crippen LogP contribution in [0.15, 0.2) is 47.7 Å². The predicted molar refractivity (Wildman–Crippen MR) is 120 cm³/mol. The maximum absolute atomic E-state index is 12.1. The Bertz CT molecular complexity index is 802. The van der Waals surface area contributed by atoms with E-state index in [-0.39, 0.29) is 0 Å². The Morgan fingerprint density at radius 1 is 1.13 bits per heavy atom. The third-order valence-electron chi connectivity index (χ3n) is 5.33. The molecule has 3 rings (SSSR count). The van der Waals surface area contributed by atoms with E-state index >= 15 is 0 Å². The molecule has 7 heteroatoms. The predicted octanol–water partition coefficient (Wildman–Crippen LogP) is 2.78. The van der Waals surface area contributed by atoms with Gasteiger partial charge in [0, 0.05) is 45.0 Å². The first-order valence-corrected chi connectivity index (χ1v) is 11.1. The summed E-state index contributed by atoms with van der Waals surface area (Å²) in [5, 5.41) is 11.0. The van der Waals surface area contributed by atoms with Gasteiger partial charge >= 0.3 is 0 Å². The molecule has 0 unspecified atom stereocenters. The molecule has 0 saturated carbocycles. The van der Waals surface area contributed by atoms with Crippen molar-refractivity contribution in [2.75, 3.05) is 26.2 Å². The fourth-order valence-electron chi connectivity index (χ4n) is 3.69. The number of amides is 1. The van der Waals surface area contributed by atoms with E-state index in [1.54, 1.807) is 6.20 Å². The Balaban J connectivity index is 1.51. The molecule has 2 aromatic rings. The van der Waals surface area contributed by atoms with Gasteiger partial charge in [0.1, 0.15) is 0 Å². The summed E-state index contributed by atoms with van der Waals surface area (Å²) < 4.78 is 1.93. The second kappa shape index (κ2) is 12.0. The number of nitrogens with one attached hydrogen (secondary N) is 2. The lowest BCUT2D eigenvalue weighted by Gasteiger charge is -2.20. The first-order chi connectivity index (χ1) is 14.8. The van der Waals surface area contributed by atoms with E-state index in [9.17, 15) is 4.79 Å². The molecule has 0 atom stereocenters. The van der Waals surface area contributed by atoms with Gasteiger partial charge in [-0.15, -0.1) is 0 Å². The number of rotatable bonds is 9. The topological polar surface area (TPSA) is 74.6 Å². The van der Waals surface area contributed by atoms with Crippen LogP contribution in [-0.2, 0) is 17.9 Å². The molecule has 2 N–H and O–H groups in total. The highest BCUT2D eigenvalue weighted by atomic mass is 16.2. The largest absolute Gasteiger partial charge is 0.357 e. The molecule has 2 heterocycles. The first-order valence-electron chi connectivity index (χ1n) is 11.1. The number of carbonyl (C=O) groups is 1. The molecule has 1 aliphatic rings. The minimum atomic E-state index is 0.307. The Labute approximate surface area is 179 Å². The number of benzene rings is 1. The molecule has 0 radical (unpaired) electrons. The monoisotopic (exact) mass is 410 g/mol. The lowest BCUT2D eigenvalue weighted by molar-refractivity contribution is -0.130. The lowest BCUT2D eigenvalue weighted by Crippen LogP contribution is -2.39.